The second kappa shape index (κ2) is 13.9. The highest BCUT2D eigenvalue weighted by molar-refractivity contribution is 5.85. The lowest BCUT2D eigenvalue weighted by Gasteiger charge is -2.40. The molecule has 0 radical (unpaired) electrons. The minimum Gasteiger partial charge on any atom is -0.481 e. The van der Waals surface area contributed by atoms with E-state index in [4.69, 9.17) is 16.0 Å². The minimum absolute atomic E-state index is 0.223. The van der Waals surface area contributed by atoms with Crippen LogP contribution >= 0.6 is 0 Å². The first-order chi connectivity index (χ1) is 21.5. The fourth-order valence-electron chi connectivity index (χ4n) is 6.70. The molecule has 4 aliphatic rings. The lowest BCUT2D eigenvalue weighted by atomic mass is 9.95. The number of anilines is 1. The van der Waals surface area contributed by atoms with Crippen molar-refractivity contribution >= 4 is 17.7 Å². The maximum absolute atomic E-state index is 13.3. The Bertz CT molecular complexity index is 1300. The molecule has 6 rings (SSSR count). The van der Waals surface area contributed by atoms with Gasteiger partial charge in [-0.2, -0.15) is 0 Å². The molecule has 2 aromatic carbocycles. The van der Waals surface area contributed by atoms with Crippen LogP contribution in [0.15, 0.2) is 54.6 Å². The number of rotatable bonds is 8. The number of piperazine rings is 2. The Morgan fingerprint density at radius 3 is 2.34 bits per heavy atom. The number of benzene rings is 2. The minimum atomic E-state index is -1.27. The molecule has 44 heavy (non-hydrogen) atoms. The van der Waals surface area contributed by atoms with E-state index in [9.17, 15) is 14.7 Å². The number of amides is 2. The quantitative estimate of drug-likeness (QED) is 0.455. The van der Waals surface area contributed by atoms with Crippen LogP contribution in [0.25, 0.3) is 0 Å². The van der Waals surface area contributed by atoms with E-state index in [0.29, 0.717) is 50.9 Å². The summed E-state index contributed by atoms with van der Waals surface area (Å²) in [4.78, 5) is 42.2. The first kappa shape index (κ1) is 30.2. The van der Waals surface area contributed by atoms with Crippen LogP contribution in [0.3, 0.4) is 0 Å². The SMILES string of the molecule is C#CCOc1ccc(N2CCN(C(=O)ON3C(=O)[C@@H]4CN(CC5CCN(Cc6ccccc6)CC5)CCN4C3O)CC2)cc1. The standard InChI is InChI=1S/C33H42N6O5/c1-2-22-43-29-10-8-28(9-11-29)36-17-19-37(20-18-36)33(42)44-39-31(40)30-25-35(16-21-38(30)32(39)41)24-27-12-14-34(15-13-27)23-26-6-4-3-5-7-26/h1,3-11,27,30,32,41H,12-25H2/t30-,32?/m0/s1. The summed E-state index contributed by atoms with van der Waals surface area (Å²) < 4.78 is 5.44. The summed E-state index contributed by atoms with van der Waals surface area (Å²) in [5.74, 6) is 3.38. The number of piperidine rings is 1. The Kier molecular flexibility index (Phi) is 9.52. The maximum atomic E-state index is 13.3. The predicted octanol–water partition coefficient (Wildman–Crippen LogP) is 1.89. The zero-order chi connectivity index (χ0) is 30.5. The Balaban J connectivity index is 0.946. The monoisotopic (exact) mass is 602 g/mol. The van der Waals surface area contributed by atoms with Crippen molar-refractivity contribution in [2.24, 2.45) is 5.92 Å². The topological polar surface area (TPSA) is 92.3 Å². The average molecular weight is 603 g/mol. The summed E-state index contributed by atoms with van der Waals surface area (Å²) in [6.07, 6.45) is 5.64. The van der Waals surface area contributed by atoms with Crippen LogP contribution < -0.4 is 9.64 Å². The van der Waals surface area contributed by atoms with Gasteiger partial charge in [0.1, 0.15) is 18.4 Å². The third kappa shape index (κ3) is 6.94. The number of carbonyl (C=O) groups is 2. The molecule has 1 unspecified atom stereocenters. The van der Waals surface area contributed by atoms with Gasteiger partial charge in [-0.25, -0.2) is 9.69 Å². The van der Waals surface area contributed by atoms with Gasteiger partial charge < -0.3 is 24.5 Å². The summed E-state index contributed by atoms with van der Waals surface area (Å²) in [5.41, 5.74) is 2.37. The van der Waals surface area contributed by atoms with Gasteiger partial charge in [0.2, 0.25) is 6.35 Å². The van der Waals surface area contributed by atoms with Crippen LogP contribution in [0.2, 0.25) is 0 Å². The number of carbonyl (C=O) groups excluding carboxylic acids is 2. The lowest BCUT2D eigenvalue weighted by molar-refractivity contribution is -0.215. The smallest absolute Gasteiger partial charge is 0.434 e. The van der Waals surface area contributed by atoms with Gasteiger partial charge >= 0.3 is 6.09 Å². The normalized spacial score (nSPS) is 23.8. The van der Waals surface area contributed by atoms with Crippen LogP contribution in [-0.2, 0) is 16.2 Å². The molecule has 4 heterocycles. The van der Waals surface area contributed by atoms with Crippen molar-refractivity contribution in [3.05, 3.63) is 60.2 Å². The Hall–Kier alpha value is -3.82. The van der Waals surface area contributed by atoms with Crippen molar-refractivity contribution in [2.45, 2.75) is 31.8 Å². The van der Waals surface area contributed by atoms with Gasteiger partial charge in [0.05, 0.1) is 0 Å². The van der Waals surface area contributed by atoms with Crippen molar-refractivity contribution in [3.63, 3.8) is 0 Å². The van der Waals surface area contributed by atoms with E-state index in [-0.39, 0.29) is 12.5 Å². The summed E-state index contributed by atoms with van der Waals surface area (Å²) in [7, 11) is 0. The molecule has 0 aromatic heterocycles. The van der Waals surface area contributed by atoms with Gasteiger partial charge in [-0.1, -0.05) is 36.3 Å². The van der Waals surface area contributed by atoms with Gasteiger partial charge in [-0.3, -0.25) is 14.6 Å². The van der Waals surface area contributed by atoms with Crippen LogP contribution in [0, 0.1) is 18.3 Å². The van der Waals surface area contributed by atoms with Crippen LogP contribution in [-0.4, -0.2) is 126 Å². The first-order valence-electron chi connectivity index (χ1n) is 15.6. The van der Waals surface area contributed by atoms with Crippen molar-refractivity contribution < 1.29 is 24.3 Å². The molecule has 0 spiro atoms. The van der Waals surface area contributed by atoms with E-state index in [1.807, 2.05) is 24.3 Å². The number of aliphatic hydroxyl groups is 1. The number of fused-ring (bicyclic) bond motifs is 1. The van der Waals surface area contributed by atoms with Crippen LogP contribution in [0.1, 0.15) is 18.4 Å². The lowest BCUT2D eigenvalue weighted by Crippen LogP contribution is -2.55. The first-order valence-corrected chi connectivity index (χ1v) is 15.6. The van der Waals surface area contributed by atoms with E-state index in [1.165, 1.54) is 5.56 Å². The molecule has 0 saturated carbocycles. The van der Waals surface area contributed by atoms with Crippen molar-refractivity contribution in [2.75, 3.05) is 77.0 Å². The van der Waals surface area contributed by atoms with E-state index < -0.39 is 18.5 Å². The Morgan fingerprint density at radius 1 is 0.909 bits per heavy atom. The number of aliphatic hydroxyl groups excluding tert-OH is 1. The third-order valence-electron chi connectivity index (χ3n) is 9.23. The molecule has 1 N–H and O–H groups in total. The van der Waals surface area contributed by atoms with E-state index in [0.717, 1.165) is 56.3 Å². The third-order valence-corrected chi connectivity index (χ3v) is 9.23. The summed E-state index contributed by atoms with van der Waals surface area (Å²) in [6, 6.07) is 17.8. The van der Waals surface area contributed by atoms with E-state index in [1.54, 1.807) is 9.80 Å². The molecule has 11 nitrogen and oxygen atoms in total. The second-order valence-electron chi connectivity index (χ2n) is 12.0. The van der Waals surface area contributed by atoms with Gasteiger partial charge in [-0.05, 0) is 61.7 Å². The molecule has 4 fully saturated rings. The predicted molar refractivity (Wildman–Crippen MR) is 165 cm³/mol. The molecular formula is C33H42N6O5. The molecule has 2 atom stereocenters. The van der Waals surface area contributed by atoms with E-state index in [2.05, 4.69) is 51.0 Å². The maximum Gasteiger partial charge on any atom is 0.434 e. The molecule has 11 heteroatoms. The number of terminal acetylenes is 1. The Labute approximate surface area is 259 Å². The number of hydrogen-bond acceptors (Lipinski definition) is 9. The van der Waals surface area contributed by atoms with Gasteiger partial charge in [0.15, 0.2) is 0 Å². The van der Waals surface area contributed by atoms with E-state index >= 15 is 0 Å². The summed E-state index contributed by atoms with van der Waals surface area (Å²) in [6.45, 7) is 8.26. The zero-order valence-electron chi connectivity index (χ0n) is 25.2. The van der Waals surface area contributed by atoms with Crippen LogP contribution in [0.5, 0.6) is 5.75 Å². The van der Waals surface area contributed by atoms with Gasteiger partial charge in [0.25, 0.3) is 5.91 Å². The number of likely N-dealkylation sites (tertiary alicyclic amines) is 1. The molecule has 4 saturated heterocycles. The highest BCUT2D eigenvalue weighted by Crippen LogP contribution is 2.28. The molecule has 0 bridgehead atoms. The van der Waals surface area contributed by atoms with Crippen molar-refractivity contribution in [1.82, 2.24) is 24.7 Å². The molecular weight excluding hydrogens is 560 g/mol. The highest BCUT2D eigenvalue weighted by Gasteiger charge is 2.50. The Morgan fingerprint density at radius 2 is 1.64 bits per heavy atom. The largest absolute Gasteiger partial charge is 0.481 e. The molecule has 0 aliphatic carbocycles. The number of ether oxygens (including phenoxy) is 1. The number of nitrogens with zero attached hydrogens (tertiary/aromatic N) is 6. The fraction of sp³-hybridized carbons (Fsp3) is 0.515. The van der Waals surface area contributed by atoms with Crippen molar-refractivity contribution in [1.29, 1.82) is 0 Å². The number of hydroxylamine groups is 2. The van der Waals surface area contributed by atoms with Gasteiger partial charge in [-0.15, -0.1) is 11.5 Å². The molecule has 234 valence electrons. The zero-order valence-corrected chi connectivity index (χ0v) is 25.2. The van der Waals surface area contributed by atoms with Crippen molar-refractivity contribution in [3.8, 4) is 18.1 Å². The molecule has 2 aromatic rings. The van der Waals surface area contributed by atoms with Crippen LogP contribution in [0.4, 0.5) is 10.5 Å². The molecule has 2 amide bonds. The molecule has 4 aliphatic heterocycles. The number of hydrogen-bond donors (Lipinski definition) is 1. The summed E-state index contributed by atoms with van der Waals surface area (Å²) in [5, 5.41) is 11.8. The fourth-order valence-corrected chi connectivity index (χ4v) is 6.70. The average Bonchev–Trinajstić information content (AvgIpc) is 3.29. The second-order valence-corrected chi connectivity index (χ2v) is 12.0. The highest BCUT2D eigenvalue weighted by atomic mass is 16.7. The summed E-state index contributed by atoms with van der Waals surface area (Å²) >= 11 is 0. The van der Waals surface area contributed by atoms with Gasteiger partial charge in [0, 0.05) is 64.6 Å².